The van der Waals surface area contributed by atoms with Crippen LogP contribution in [-0.2, 0) is 4.79 Å². The van der Waals surface area contributed by atoms with Crippen molar-refractivity contribution in [1.29, 1.82) is 0 Å². The number of nitrogens with zero attached hydrogens (tertiary/aromatic N) is 4. The van der Waals surface area contributed by atoms with Gasteiger partial charge in [-0.1, -0.05) is 18.1 Å². The number of benzene rings is 1. The van der Waals surface area contributed by atoms with Crippen LogP contribution in [0.3, 0.4) is 0 Å². The maximum Gasteiger partial charge on any atom is 0.242 e. The van der Waals surface area contributed by atoms with E-state index in [4.69, 9.17) is 9.97 Å². The van der Waals surface area contributed by atoms with E-state index in [1.165, 1.54) is 0 Å². The van der Waals surface area contributed by atoms with Crippen LogP contribution in [-0.4, -0.2) is 38.3 Å². The minimum Gasteiger partial charge on any atom is -0.309 e. The Morgan fingerprint density at radius 1 is 0.972 bits per heavy atom. The number of likely N-dealkylation sites (N-methyl/N-ethyl adjacent to an activating group) is 1. The van der Waals surface area contributed by atoms with Crippen molar-refractivity contribution in [2.45, 2.75) is 26.8 Å². The van der Waals surface area contributed by atoms with Gasteiger partial charge in [0, 0.05) is 28.4 Å². The summed E-state index contributed by atoms with van der Waals surface area (Å²) < 4.78 is 2.03. The van der Waals surface area contributed by atoms with E-state index in [0.717, 1.165) is 44.8 Å². The van der Waals surface area contributed by atoms with Crippen LogP contribution >= 0.6 is 0 Å². The van der Waals surface area contributed by atoms with E-state index in [9.17, 15) is 4.79 Å². The van der Waals surface area contributed by atoms with Gasteiger partial charge in [0.2, 0.25) is 5.91 Å². The molecule has 0 radical (unpaired) electrons. The van der Waals surface area contributed by atoms with Gasteiger partial charge >= 0.3 is 0 Å². The highest BCUT2D eigenvalue weighted by Crippen LogP contribution is 2.28. The number of pyridine rings is 3. The molecule has 36 heavy (non-hydrogen) atoms. The lowest BCUT2D eigenvalue weighted by molar-refractivity contribution is -0.117. The number of carbonyl (C=O) groups excluding carboxylic acids is 1. The lowest BCUT2D eigenvalue weighted by Gasteiger charge is -2.12. The molecule has 1 aromatic carbocycles. The van der Waals surface area contributed by atoms with Gasteiger partial charge in [0.25, 0.3) is 0 Å². The molecular weight excluding hydrogens is 448 g/mol. The average molecular weight is 475 g/mol. The number of rotatable bonds is 4. The fourth-order valence-electron chi connectivity index (χ4n) is 4.06. The number of carbonyl (C=O) groups is 1. The summed E-state index contributed by atoms with van der Waals surface area (Å²) in [4.78, 5) is 26.5. The molecule has 0 aliphatic carbocycles. The smallest absolute Gasteiger partial charge is 0.242 e. The molecule has 1 unspecified atom stereocenters. The second-order valence-electron chi connectivity index (χ2n) is 8.68. The highest BCUT2D eigenvalue weighted by atomic mass is 16.2. The molecule has 4 aromatic heterocycles. The predicted molar refractivity (Wildman–Crippen MR) is 143 cm³/mol. The van der Waals surface area contributed by atoms with E-state index in [2.05, 4.69) is 27.5 Å². The van der Waals surface area contributed by atoms with Crippen molar-refractivity contribution in [2.24, 2.45) is 0 Å². The summed E-state index contributed by atoms with van der Waals surface area (Å²) in [6.45, 7) is 5.75. The van der Waals surface area contributed by atoms with Crippen LogP contribution in [0.25, 0.3) is 27.8 Å². The first-order valence-corrected chi connectivity index (χ1v) is 11.8. The number of aromatic nitrogens is 4. The van der Waals surface area contributed by atoms with Crippen LogP contribution in [0, 0.1) is 25.7 Å². The molecule has 2 N–H and O–H groups in total. The van der Waals surface area contributed by atoms with E-state index < -0.39 is 0 Å². The average Bonchev–Trinajstić information content (AvgIpc) is 3.22. The standard InChI is InChI=1S/C29H26N6O/c1-18-8-11-22-17-21(9-13-24(22)31-18)10-14-25-23(12-15-26(33-25)34-29(36)20(3)30-4)28-19(2)32-27-7-5-6-16-35(27)28/h5-9,11-13,15-17,20,30H,1-4H3,(H,33,34,36). The quantitative estimate of drug-likeness (QED) is 0.375. The summed E-state index contributed by atoms with van der Waals surface area (Å²) in [6, 6.07) is 19.3. The van der Waals surface area contributed by atoms with Gasteiger partial charge < -0.3 is 10.6 Å². The Kier molecular flexibility index (Phi) is 6.19. The molecule has 0 aliphatic rings. The third-order valence-electron chi connectivity index (χ3n) is 6.09. The number of hydrogen-bond donors (Lipinski definition) is 2. The molecule has 0 aliphatic heterocycles. The SMILES string of the molecule is CNC(C)C(=O)Nc1ccc(-c2c(C)nc3ccccn23)c(C#Cc2ccc3nc(C)ccc3c2)n1. The third-order valence-corrected chi connectivity index (χ3v) is 6.09. The zero-order valence-corrected chi connectivity index (χ0v) is 20.6. The molecule has 0 saturated heterocycles. The van der Waals surface area contributed by atoms with E-state index >= 15 is 0 Å². The Hall–Kier alpha value is -4.54. The van der Waals surface area contributed by atoms with Crippen LogP contribution in [0.5, 0.6) is 0 Å². The molecule has 4 heterocycles. The zero-order valence-electron chi connectivity index (χ0n) is 20.6. The van der Waals surface area contributed by atoms with Crippen LogP contribution in [0.2, 0.25) is 0 Å². The second kappa shape index (κ2) is 9.61. The van der Waals surface area contributed by atoms with Crippen molar-refractivity contribution in [1.82, 2.24) is 24.7 Å². The van der Waals surface area contributed by atoms with Gasteiger partial charge in [-0.2, -0.15) is 0 Å². The number of anilines is 1. The monoisotopic (exact) mass is 474 g/mol. The number of nitrogens with one attached hydrogen (secondary N) is 2. The Labute approximate surface area is 209 Å². The molecule has 7 nitrogen and oxygen atoms in total. The highest BCUT2D eigenvalue weighted by Gasteiger charge is 2.17. The van der Waals surface area contributed by atoms with Gasteiger partial charge in [-0.25, -0.2) is 9.97 Å². The fourth-order valence-corrected chi connectivity index (χ4v) is 4.06. The van der Waals surface area contributed by atoms with E-state index in [-0.39, 0.29) is 11.9 Å². The first-order valence-electron chi connectivity index (χ1n) is 11.8. The molecule has 0 saturated carbocycles. The lowest BCUT2D eigenvalue weighted by Crippen LogP contribution is -2.35. The number of hydrogen-bond acceptors (Lipinski definition) is 5. The van der Waals surface area contributed by atoms with Gasteiger partial charge in [0.05, 0.1) is 22.9 Å². The normalized spacial score (nSPS) is 11.8. The van der Waals surface area contributed by atoms with Crippen LogP contribution in [0.1, 0.15) is 29.6 Å². The Morgan fingerprint density at radius 3 is 2.67 bits per heavy atom. The highest BCUT2D eigenvalue weighted by molar-refractivity contribution is 5.94. The van der Waals surface area contributed by atoms with Gasteiger partial charge in [0.15, 0.2) is 0 Å². The maximum atomic E-state index is 12.5. The fraction of sp³-hybridized carbons (Fsp3) is 0.172. The summed E-state index contributed by atoms with van der Waals surface area (Å²) in [7, 11) is 1.74. The zero-order chi connectivity index (χ0) is 25.2. The van der Waals surface area contributed by atoms with Gasteiger partial charge in [-0.3, -0.25) is 14.2 Å². The topological polar surface area (TPSA) is 84.2 Å². The molecule has 178 valence electrons. The Balaban J connectivity index is 1.62. The number of amides is 1. The first kappa shape index (κ1) is 23.2. The van der Waals surface area contributed by atoms with Crippen LogP contribution in [0.4, 0.5) is 5.82 Å². The van der Waals surface area contributed by atoms with Crippen molar-refractivity contribution in [2.75, 3.05) is 12.4 Å². The number of fused-ring (bicyclic) bond motifs is 2. The van der Waals surface area contributed by atoms with Crippen molar-refractivity contribution in [3.63, 3.8) is 0 Å². The van der Waals surface area contributed by atoms with Crippen molar-refractivity contribution < 1.29 is 4.79 Å². The molecule has 5 rings (SSSR count). The number of imidazole rings is 1. The molecule has 0 bridgehead atoms. The van der Waals surface area contributed by atoms with Gasteiger partial charge in [-0.05, 0) is 82.3 Å². The largest absolute Gasteiger partial charge is 0.309 e. The Morgan fingerprint density at radius 2 is 1.83 bits per heavy atom. The molecule has 0 fully saturated rings. The Bertz CT molecular complexity index is 1670. The second-order valence-corrected chi connectivity index (χ2v) is 8.68. The minimum absolute atomic E-state index is 0.167. The van der Waals surface area contributed by atoms with E-state index in [1.54, 1.807) is 20.0 Å². The predicted octanol–water partition coefficient (Wildman–Crippen LogP) is 4.51. The van der Waals surface area contributed by atoms with Crippen molar-refractivity contribution in [3.05, 3.63) is 89.5 Å². The summed E-state index contributed by atoms with van der Waals surface area (Å²) in [5.74, 6) is 6.79. The van der Waals surface area contributed by atoms with Crippen molar-refractivity contribution >= 4 is 28.3 Å². The van der Waals surface area contributed by atoms with Gasteiger partial charge in [0.1, 0.15) is 17.2 Å². The third kappa shape index (κ3) is 4.54. The first-order chi connectivity index (χ1) is 17.4. The van der Waals surface area contributed by atoms with Crippen LogP contribution < -0.4 is 10.6 Å². The van der Waals surface area contributed by atoms with E-state index in [1.807, 2.05) is 79.0 Å². The number of aryl methyl sites for hydroxylation is 2. The van der Waals surface area contributed by atoms with Gasteiger partial charge in [-0.15, -0.1) is 0 Å². The molecular formula is C29H26N6O. The lowest BCUT2D eigenvalue weighted by atomic mass is 10.1. The summed E-state index contributed by atoms with van der Waals surface area (Å²) in [5, 5.41) is 6.84. The van der Waals surface area contributed by atoms with E-state index in [0.29, 0.717) is 11.5 Å². The molecule has 7 heteroatoms. The van der Waals surface area contributed by atoms with Crippen LogP contribution in [0.15, 0.2) is 66.9 Å². The maximum absolute atomic E-state index is 12.5. The molecule has 1 amide bonds. The summed E-state index contributed by atoms with van der Waals surface area (Å²) in [6.07, 6.45) is 1.98. The molecule has 0 spiro atoms. The summed E-state index contributed by atoms with van der Waals surface area (Å²) in [5.41, 5.74) is 6.81. The minimum atomic E-state index is -0.350. The van der Waals surface area contributed by atoms with Crippen molar-refractivity contribution in [3.8, 4) is 23.1 Å². The summed E-state index contributed by atoms with van der Waals surface area (Å²) >= 11 is 0. The molecule has 5 aromatic rings. The molecule has 1 atom stereocenters.